The SMILES string of the molecule is Cc1ccc(S(=O)(=O)N2CCOCC2)cc1C(=O)OCC(=O)N[C@@H](C)C(C)C. The Hall–Kier alpha value is -1.97. The van der Waals surface area contributed by atoms with Crippen molar-refractivity contribution >= 4 is 21.9 Å². The van der Waals surface area contributed by atoms with E-state index in [0.29, 0.717) is 18.8 Å². The Labute approximate surface area is 166 Å². The predicted molar refractivity (Wildman–Crippen MR) is 103 cm³/mol. The summed E-state index contributed by atoms with van der Waals surface area (Å²) in [4.78, 5) is 24.3. The molecule has 0 aromatic heterocycles. The Balaban J connectivity index is 2.10. The molecule has 1 N–H and O–H groups in total. The first-order valence-electron chi connectivity index (χ1n) is 9.28. The molecule has 1 aromatic carbocycles. The van der Waals surface area contributed by atoms with Gasteiger partial charge in [-0.25, -0.2) is 13.2 Å². The fraction of sp³-hybridized carbons (Fsp3) is 0.579. The summed E-state index contributed by atoms with van der Waals surface area (Å²) < 4.78 is 37.2. The van der Waals surface area contributed by atoms with E-state index in [1.807, 2.05) is 20.8 Å². The number of hydrogen-bond donors (Lipinski definition) is 1. The Morgan fingerprint density at radius 2 is 1.86 bits per heavy atom. The molecule has 28 heavy (non-hydrogen) atoms. The maximum absolute atomic E-state index is 12.8. The Bertz CT molecular complexity index is 816. The normalized spacial score (nSPS) is 16.6. The number of nitrogens with zero attached hydrogens (tertiary/aromatic N) is 1. The molecule has 0 unspecified atom stereocenters. The van der Waals surface area contributed by atoms with Gasteiger partial charge in [-0.2, -0.15) is 4.31 Å². The number of hydrogen-bond acceptors (Lipinski definition) is 6. The highest BCUT2D eigenvalue weighted by Gasteiger charge is 2.27. The van der Waals surface area contributed by atoms with E-state index in [-0.39, 0.29) is 35.5 Å². The van der Waals surface area contributed by atoms with E-state index in [1.165, 1.54) is 16.4 Å². The molecule has 1 aliphatic rings. The fourth-order valence-electron chi connectivity index (χ4n) is 2.59. The number of amides is 1. The molecule has 9 heteroatoms. The lowest BCUT2D eigenvalue weighted by Crippen LogP contribution is -2.40. The number of carbonyl (C=O) groups is 2. The molecule has 0 bridgehead atoms. The van der Waals surface area contributed by atoms with E-state index >= 15 is 0 Å². The van der Waals surface area contributed by atoms with Crippen LogP contribution in [0, 0.1) is 12.8 Å². The van der Waals surface area contributed by atoms with Crippen molar-refractivity contribution in [2.24, 2.45) is 5.92 Å². The maximum Gasteiger partial charge on any atom is 0.338 e. The minimum absolute atomic E-state index is 0.0184. The molecule has 1 atom stereocenters. The standard InChI is InChI=1S/C19H28N2O6S/c1-13(2)15(4)20-18(22)12-27-19(23)17-11-16(6-5-14(17)3)28(24,25)21-7-9-26-10-8-21/h5-6,11,13,15H,7-10,12H2,1-4H3,(H,20,22)/t15-/m0/s1. The van der Waals surface area contributed by atoms with Crippen LogP contribution in [0.15, 0.2) is 23.1 Å². The van der Waals surface area contributed by atoms with Crippen molar-refractivity contribution < 1.29 is 27.5 Å². The first-order chi connectivity index (χ1) is 13.1. The zero-order chi connectivity index (χ0) is 20.9. The van der Waals surface area contributed by atoms with Gasteiger partial charge < -0.3 is 14.8 Å². The number of carbonyl (C=O) groups excluding carboxylic acids is 2. The monoisotopic (exact) mass is 412 g/mol. The molecule has 1 aromatic rings. The van der Waals surface area contributed by atoms with E-state index in [1.54, 1.807) is 13.0 Å². The van der Waals surface area contributed by atoms with Gasteiger partial charge in [0, 0.05) is 19.1 Å². The largest absolute Gasteiger partial charge is 0.452 e. The van der Waals surface area contributed by atoms with E-state index in [0.717, 1.165) is 0 Å². The molecule has 2 rings (SSSR count). The molecule has 156 valence electrons. The summed E-state index contributed by atoms with van der Waals surface area (Å²) in [5, 5.41) is 2.75. The highest BCUT2D eigenvalue weighted by Crippen LogP contribution is 2.21. The predicted octanol–water partition coefficient (Wildman–Crippen LogP) is 1.33. The number of esters is 1. The molecule has 1 heterocycles. The van der Waals surface area contributed by atoms with E-state index in [9.17, 15) is 18.0 Å². The van der Waals surface area contributed by atoms with E-state index in [4.69, 9.17) is 9.47 Å². The highest BCUT2D eigenvalue weighted by molar-refractivity contribution is 7.89. The van der Waals surface area contributed by atoms with Crippen molar-refractivity contribution in [3.05, 3.63) is 29.3 Å². The number of sulfonamides is 1. The van der Waals surface area contributed by atoms with Crippen LogP contribution in [0.1, 0.15) is 36.7 Å². The van der Waals surface area contributed by atoms with Gasteiger partial charge >= 0.3 is 5.97 Å². The van der Waals surface area contributed by atoms with Crippen LogP contribution in [0.2, 0.25) is 0 Å². The van der Waals surface area contributed by atoms with Gasteiger partial charge in [-0.3, -0.25) is 4.79 Å². The summed E-state index contributed by atoms with van der Waals surface area (Å²) in [6, 6.07) is 4.28. The minimum Gasteiger partial charge on any atom is -0.452 e. The molecular weight excluding hydrogens is 384 g/mol. The van der Waals surface area contributed by atoms with Crippen LogP contribution >= 0.6 is 0 Å². The third-order valence-corrected chi connectivity index (χ3v) is 6.65. The van der Waals surface area contributed by atoms with Crippen LogP contribution in [0.4, 0.5) is 0 Å². The summed E-state index contributed by atoms with van der Waals surface area (Å²) in [6.45, 7) is 8.29. The second kappa shape index (κ2) is 9.49. The van der Waals surface area contributed by atoms with Crippen LogP contribution in [-0.4, -0.2) is 63.6 Å². The van der Waals surface area contributed by atoms with Crippen molar-refractivity contribution in [2.45, 2.75) is 38.6 Å². The molecule has 1 fully saturated rings. The van der Waals surface area contributed by atoms with Gasteiger partial charge in [0.2, 0.25) is 10.0 Å². The maximum atomic E-state index is 12.8. The first kappa shape index (κ1) is 22.3. The van der Waals surface area contributed by atoms with Crippen LogP contribution in [0.3, 0.4) is 0 Å². The Morgan fingerprint density at radius 1 is 1.21 bits per heavy atom. The summed E-state index contributed by atoms with van der Waals surface area (Å²) in [5.74, 6) is -0.878. The number of morpholine rings is 1. The van der Waals surface area contributed by atoms with Crippen molar-refractivity contribution in [3.8, 4) is 0 Å². The second-order valence-corrected chi connectivity index (χ2v) is 9.11. The summed E-state index contributed by atoms with van der Waals surface area (Å²) in [7, 11) is -3.73. The topological polar surface area (TPSA) is 102 Å². The fourth-order valence-corrected chi connectivity index (χ4v) is 4.02. The Kier molecular flexibility index (Phi) is 7.56. The van der Waals surface area contributed by atoms with Gasteiger partial charge in [-0.05, 0) is 37.5 Å². The van der Waals surface area contributed by atoms with Crippen molar-refractivity contribution in [3.63, 3.8) is 0 Å². The van der Waals surface area contributed by atoms with E-state index in [2.05, 4.69) is 5.32 Å². The number of aryl methyl sites for hydroxylation is 1. The first-order valence-corrected chi connectivity index (χ1v) is 10.7. The van der Waals surface area contributed by atoms with Crippen LogP contribution in [-0.2, 0) is 24.3 Å². The quantitative estimate of drug-likeness (QED) is 0.678. The molecular formula is C19H28N2O6S. The molecule has 1 amide bonds. The van der Waals surface area contributed by atoms with Gasteiger partial charge in [0.05, 0.1) is 23.7 Å². The van der Waals surface area contributed by atoms with Crippen molar-refractivity contribution in [1.29, 1.82) is 0 Å². The Morgan fingerprint density at radius 3 is 2.46 bits per heavy atom. The lowest BCUT2D eigenvalue weighted by Gasteiger charge is -2.26. The van der Waals surface area contributed by atoms with Crippen LogP contribution in [0.25, 0.3) is 0 Å². The lowest BCUT2D eigenvalue weighted by atomic mass is 10.1. The zero-order valence-electron chi connectivity index (χ0n) is 16.7. The number of benzene rings is 1. The van der Waals surface area contributed by atoms with E-state index < -0.39 is 28.5 Å². The molecule has 0 radical (unpaired) electrons. The van der Waals surface area contributed by atoms with Crippen LogP contribution in [0.5, 0.6) is 0 Å². The molecule has 0 aliphatic carbocycles. The third-order valence-electron chi connectivity index (χ3n) is 4.76. The molecule has 8 nitrogen and oxygen atoms in total. The average Bonchev–Trinajstić information content (AvgIpc) is 2.66. The number of nitrogens with one attached hydrogen (secondary N) is 1. The lowest BCUT2D eigenvalue weighted by molar-refractivity contribution is -0.125. The summed E-state index contributed by atoms with van der Waals surface area (Å²) in [5.41, 5.74) is 0.695. The molecule has 0 saturated carbocycles. The zero-order valence-corrected chi connectivity index (χ0v) is 17.5. The second-order valence-electron chi connectivity index (χ2n) is 7.17. The van der Waals surface area contributed by atoms with Crippen molar-refractivity contribution in [1.82, 2.24) is 9.62 Å². The average molecular weight is 413 g/mol. The third kappa shape index (κ3) is 5.52. The highest BCUT2D eigenvalue weighted by atomic mass is 32.2. The minimum atomic E-state index is -3.73. The van der Waals surface area contributed by atoms with Crippen molar-refractivity contribution in [2.75, 3.05) is 32.9 Å². The van der Waals surface area contributed by atoms with Gasteiger partial charge in [-0.1, -0.05) is 19.9 Å². The van der Waals surface area contributed by atoms with Crippen LogP contribution < -0.4 is 5.32 Å². The molecule has 1 aliphatic heterocycles. The summed E-state index contributed by atoms with van der Waals surface area (Å²) in [6.07, 6.45) is 0. The van der Waals surface area contributed by atoms with Gasteiger partial charge in [0.1, 0.15) is 0 Å². The number of ether oxygens (including phenoxy) is 2. The van der Waals surface area contributed by atoms with Gasteiger partial charge in [-0.15, -0.1) is 0 Å². The number of rotatable bonds is 7. The summed E-state index contributed by atoms with van der Waals surface area (Å²) >= 11 is 0. The van der Waals surface area contributed by atoms with Gasteiger partial charge in [0.15, 0.2) is 6.61 Å². The molecule has 0 spiro atoms. The smallest absolute Gasteiger partial charge is 0.338 e. The van der Waals surface area contributed by atoms with Gasteiger partial charge in [0.25, 0.3) is 5.91 Å². The molecule has 1 saturated heterocycles.